The van der Waals surface area contributed by atoms with Gasteiger partial charge in [-0.1, -0.05) is 0 Å². The Morgan fingerprint density at radius 1 is 1.70 bits per heavy atom. The summed E-state index contributed by atoms with van der Waals surface area (Å²) in [5, 5.41) is 8.94. The molecular formula is C7H8O3. The normalized spacial score (nSPS) is 13.0. The van der Waals surface area contributed by atoms with Gasteiger partial charge in [-0.3, -0.25) is 0 Å². The highest BCUT2D eigenvalue weighted by Gasteiger charge is 2.04. The van der Waals surface area contributed by atoms with Crippen LogP contribution in [0.1, 0.15) is 18.6 Å². The van der Waals surface area contributed by atoms with Crippen molar-refractivity contribution >= 4 is 0 Å². The Kier molecular flexibility index (Phi) is 1.87. The van der Waals surface area contributed by atoms with Crippen molar-refractivity contribution in [3.63, 3.8) is 0 Å². The van der Waals surface area contributed by atoms with Crippen molar-refractivity contribution < 1.29 is 9.52 Å². The largest absolute Gasteiger partial charge is 0.431 e. The molecule has 1 heterocycles. The van der Waals surface area contributed by atoms with Gasteiger partial charge < -0.3 is 9.52 Å². The van der Waals surface area contributed by atoms with Gasteiger partial charge in [-0.05, 0) is 19.1 Å². The van der Waals surface area contributed by atoms with Crippen LogP contribution in [0.25, 0.3) is 0 Å². The zero-order chi connectivity index (χ0) is 7.56. The van der Waals surface area contributed by atoms with Gasteiger partial charge in [0.05, 0.1) is 17.9 Å². The molecule has 0 bridgehead atoms. The summed E-state index contributed by atoms with van der Waals surface area (Å²) >= 11 is 0. The number of aliphatic hydroxyl groups is 1. The molecule has 0 spiro atoms. The van der Waals surface area contributed by atoms with E-state index in [4.69, 9.17) is 5.11 Å². The van der Waals surface area contributed by atoms with Gasteiger partial charge in [0.25, 0.3) is 0 Å². The van der Waals surface area contributed by atoms with E-state index in [2.05, 4.69) is 4.42 Å². The van der Waals surface area contributed by atoms with Crippen LogP contribution in [-0.4, -0.2) is 5.11 Å². The maximum Gasteiger partial charge on any atom is 0.341 e. The van der Waals surface area contributed by atoms with Gasteiger partial charge in [-0.2, -0.15) is 0 Å². The summed E-state index contributed by atoms with van der Waals surface area (Å²) in [4.78, 5) is 10.7. The van der Waals surface area contributed by atoms with Crippen LogP contribution in [0.5, 0.6) is 0 Å². The van der Waals surface area contributed by atoms with Crippen LogP contribution in [0.2, 0.25) is 0 Å². The fraction of sp³-hybridized carbons (Fsp3) is 0.286. The third-order valence-corrected chi connectivity index (χ3v) is 1.22. The highest BCUT2D eigenvalue weighted by molar-refractivity contribution is 5.08. The predicted molar refractivity (Wildman–Crippen MR) is 35.6 cm³/mol. The lowest BCUT2D eigenvalue weighted by Crippen LogP contribution is -2.08. The Hall–Kier alpha value is -1.09. The molecule has 0 aromatic carbocycles. The van der Waals surface area contributed by atoms with Crippen LogP contribution in [-0.2, 0) is 0 Å². The maximum atomic E-state index is 10.7. The first-order valence-corrected chi connectivity index (χ1v) is 2.97. The predicted octanol–water partition coefficient (Wildman–Crippen LogP) is 0.693. The van der Waals surface area contributed by atoms with Crippen LogP contribution in [0.4, 0.5) is 0 Å². The highest BCUT2D eigenvalue weighted by atomic mass is 16.4. The van der Waals surface area contributed by atoms with Gasteiger partial charge in [0.15, 0.2) is 0 Å². The average Bonchev–Trinajstić information content (AvgIpc) is 1.88. The number of rotatable bonds is 1. The van der Waals surface area contributed by atoms with Crippen LogP contribution in [0.3, 0.4) is 0 Å². The Balaban J connectivity index is 3.16. The molecule has 1 unspecified atom stereocenters. The van der Waals surface area contributed by atoms with Crippen molar-refractivity contribution in [2.75, 3.05) is 0 Å². The lowest BCUT2D eigenvalue weighted by Gasteiger charge is -1.98. The molecule has 1 aromatic heterocycles. The molecule has 1 rings (SSSR count). The number of aliphatic hydroxyl groups excluding tert-OH is 1. The maximum absolute atomic E-state index is 10.7. The van der Waals surface area contributed by atoms with Crippen LogP contribution < -0.4 is 5.63 Å². The molecule has 1 atom stereocenters. The van der Waals surface area contributed by atoms with Gasteiger partial charge in [-0.25, -0.2) is 4.79 Å². The number of hydrogen-bond acceptors (Lipinski definition) is 3. The van der Waals surface area contributed by atoms with Crippen LogP contribution in [0, 0.1) is 0 Å². The van der Waals surface area contributed by atoms with Gasteiger partial charge in [-0.15, -0.1) is 0 Å². The SMILES string of the molecule is CC(O)c1cccoc1=O. The molecular weight excluding hydrogens is 132 g/mol. The molecule has 54 valence electrons. The summed E-state index contributed by atoms with van der Waals surface area (Å²) in [6.45, 7) is 1.52. The minimum atomic E-state index is -0.752. The fourth-order valence-corrected chi connectivity index (χ4v) is 0.690. The molecule has 0 aliphatic heterocycles. The fourth-order valence-electron chi connectivity index (χ4n) is 0.690. The van der Waals surface area contributed by atoms with Crippen molar-refractivity contribution in [2.24, 2.45) is 0 Å². The van der Waals surface area contributed by atoms with Crippen LogP contribution >= 0.6 is 0 Å². The summed E-state index contributed by atoms with van der Waals surface area (Å²) in [6.07, 6.45) is 0.534. The second-order valence-electron chi connectivity index (χ2n) is 2.03. The molecule has 1 aromatic rings. The topological polar surface area (TPSA) is 50.4 Å². The quantitative estimate of drug-likeness (QED) is 0.624. The van der Waals surface area contributed by atoms with Gasteiger partial charge in [0.2, 0.25) is 0 Å². The molecule has 1 N–H and O–H groups in total. The molecule has 0 saturated heterocycles. The lowest BCUT2D eigenvalue weighted by molar-refractivity contribution is 0.194. The van der Waals surface area contributed by atoms with E-state index in [9.17, 15) is 4.79 Å². The van der Waals surface area contributed by atoms with Crippen molar-refractivity contribution in [1.29, 1.82) is 0 Å². The summed E-state index contributed by atoms with van der Waals surface area (Å²) in [6, 6.07) is 3.11. The van der Waals surface area contributed by atoms with E-state index in [1.54, 1.807) is 6.07 Å². The average molecular weight is 140 g/mol. The Morgan fingerprint density at radius 2 is 2.40 bits per heavy atom. The smallest absolute Gasteiger partial charge is 0.341 e. The van der Waals surface area contributed by atoms with Gasteiger partial charge in [0.1, 0.15) is 0 Å². The van der Waals surface area contributed by atoms with Crippen molar-refractivity contribution in [2.45, 2.75) is 13.0 Å². The third-order valence-electron chi connectivity index (χ3n) is 1.22. The minimum Gasteiger partial charge on any atom is -0.431 e. The molecule has 0 aliphatic carbocycles. The first-order chi connectivity index (χ1) is 4.72. The first-order valence-electron chi connectivity index (χ1n) is 2.97. The second kappa shape index (κ2) is 2.66. The molecule has 0 amide bonds. The van der Waals surface area contributed by atoms with Crippen molar-refractivity contribution in [3.8, 4) is 0 Å². The van der Waals surface area contributed by atoms with E-state index in [1.807, 2.05) is 0 Å². The second-order valence-corrected chi connectivity index (χ2v) is 2.03. The zero-order valence-electron chi connectivity index (χ0n) is 5.57. The van der Waals surface area contributed by atoms with E-state index in [-0.39, 0.29) is 0 Å². The molecule has 0 radical (unpaired) electrons. The van der Waals surface area contributed by atoms with Crippen LogP contribution in [0.15, 0.2) is 27.6 Å². The molecule has 10 heavy (non-hydrogen) atoms. The molecule has 3 heteroatoms. The van der Waals surface area contributed by atoms with E-state index in [1.165, 1.54) is 19.3 Å². The molecule has 0 aliphatic rings. The van der Waals surface area contributed by atoms with E-state index < -0.39 is 11.7 Å². The Labute approximate surface area is 57.9 Å². The molecule has 3 nitrogen and oxygen atoms in total. The zero-order valence-corrected chi connectivity index (χ0v) is 5.57. The summed E-state index contributed by atoms with van der Waals surface area (Å²) < 4.78 is 4.50. The Morgan fingerprint density at radius 3 is 2.80 bits per heavy atom. The monoisotopic (exact) mass is 140 g/mol. The van der Waals surface area contributed by atoms with E-state index >= 15 is 0 Å². The third kappa shape index (κ3) is 1.25. The highest BCUT2D eigenvalue weighted by Crippen LogP contribution is 2.04. The Bertz CT molecular complexity index is 262. The molecule has 0 saturated carbocycles. The van der Waals surface area contributed by atoms with E-state index in [0.717, 1.165) is 0 Å². The van der Waals surface area contributed by atoms with E-state index in [0.29, 0.717) is 5.56 Å². The summed E-state index contributed by atoms with van der Waals surface area (Å²) in [7, 11) is 0. The summed E-state index contributed by atoms with van der Waals surface area (Å²) in [5.74, 6) is 0. The van der Waals surface area contributed by atoms with Gasteiger partial charge in [0, 0.05) is 0 Å². The standard InChI is InChI=1S/C7H8O3/c1-5(8)6-3-2-4-10-7(6)9/h2-5,8H,1H3. The van der Waals surface area contributed by atoms with Crippen molar-refractivity contribution in [3.05, 3.63) is 34.4 Å². The summed E-state index contributed by atoms with van der Waals surface area (Å²) in [5.41, 5.74) is -0.181. The van der Waals surface area contributed by atoms with Crippen molar-refractivity contribution in [1.82, 2.24) is 0 Å². The minimum absolute atomic E-state index is 0.294. The first kappa shape index (κ1) is 7.02. The number of hydrogen-bond donors (Lipinski definition) is 1. The van der Waals surface area contributed by atoms with Gasteiger partial charge >= 0.3 is 5.63 Å². The lowest BCUT2D eigenvalue weighted by atomic mass is 10.2. The molecule has 0 fully saturated rings.